The standard InChI is InChI=1S/C53H59ClFN14O6P/c1-64-29-32(26-59-64)35-24-41(61-53-58-27-37(54)49(63-53)60-40-8-7-39-47(57-15-14-56-39)48(40)76(3,4)74)45(75-2)25-44(35)68-18-13-42(38(55)30-68)67-21-19-65(20-22-67)28-31-11-16-66(17-12-31)33-5-6-34-36(23-33)52(73)69(51(34)72)43-9-10-46(70)62-50(43)71/h5-8,14-15,23-27,29,31,38,42-43H,9-13,16-22,28,30H2,1-4H3,(H,62,70,71)(H2,58,60,61,63)/t38-,42+,43?/m0/s1. The number of nitrogens with zero attached hydrogens (tertiary/aromatic N) is 11. The van der Waals surface area contributed by atoms with Gasteiger partial charge in [0, 0.05) is 119 Å². The number of fused-ring (bicyclic) bond motifs is 2. The second-order valence-corrected chi connectivity index (χ2v) is 24.2. The molecule has 76 heavy (non-hydrogen) atoms. The van der Waals surface area contributed by atoms with Crippen LogP contribution in [0.25, 0.3) is 22.2 Å². The van der Waals surface area contributed by atoms with Crippen LogP contribution in [0, 0.1) is 5.92 Å². The Morgan fingerprint density at radius 1 is 0.829 bits per heavy atom. The van der Waals surface area contributed by atoms with Gasteiger partial charge in [0.25, 0.3) is 11.8 Å². The van der Waals surface area contributed by atoms with Crippen molar-refractivity contribution in [2.75, 3.05) is 99.8 Å². The van der Waals surface area contributed by atoms with Crippen LogP contribution in [0.2, 0.25) is 5.02 Å². The highest BCUT2D eigenvalue weighted by molar-refractivity contribution is 7.71. The number of carbonyl (C=O) groups excluding carboxylic acids is 4. The zero-order valence-electron chi connectivity index (χ0n) is 42.7. The van der Waals surface area contributed by atoms with Crippen LogP contribution >= 0.6 is 18.7 Å². The molecule has 4 fully saturated rings. The molecular formula is C53H59ClFN14O6P. The lowest BCUT2D eigenvalue weighted by atomic mass is 9.94. The van der Waals surface area contributed by atoms with E-state index in [0.717, 1.165) is 86.1 Å². The van der Waals surface area contributed by atoms with E-state index in [1.54, 1.807) is 68.0 Å². The first-order valence-corrected chi connectivity index (χ1v) is 28.6. The second kappa shape index (κ2) is 20.8. The number of piperazine rings is 1. The fraction of sp³-hybridized carbons (Fsp3) is 0.415. The van der Waals surface area contributed by atoms with Crippen LogP contribution in [0.1, 0.15) is 52.8 Å². The Balaban J connectivity index is 0.711. The van der Waals surface area contributed by atoms with Gasteiger partial charge in [-0.3, -0.25) is 48.9 Å². The molecule has 20 nitrogen and oxygen atoms in total. The normalized spacial score (nSPS) is 21.1. The monoisotopic (exact) mass is 1070 g/mol. The van der Waals surface area contributed by atoms with Gasteiger partial charge in [0.2, 0.25) is 17.8 Å². The SMILES string of the molecule is COc1cc(N2CC[C@@H](N3CCN(CC4CCN(c5ccc6c(c5)C(=O)N(C5CCC(=O)NC5=O)C6=O)CC4)CC3)[C@@H](F)C2)c(-c2cnn(C)c2)cc1Nc1ncc(Cl)c(Nc2ccc3nccnc3c2P(C)(C)=O)n1. The molecule has 3 aromatic heterocycles. The maximum atomic E-state index is 16.7. The van der Waals surface area contributed by atoms with Crippen LogP contribution in [-0.4, -0.2) is 166 Å². The average Bonchev–Trinajstić information content (AvgIpc) is 4.00. The van der Waals surface area contributed by atoms with E-state index in [2.05, 4.69) is 55.6 Å². The Bertz CT molecular complexity index is 3320. The number of imide groups is 2. The third-order valence-corrected chi connectivity index (χ3v) is 17.2. The molecule has 3 atom stereocenters. The van der Waals surface area contributed by atoms with Gasteiger partial charge in [-0.05, 0) is 81.3 Å². The molecule has 0 bridgehead atoms. The number of aryl methyl sites for hydroxylation is 1. The van der Waals surface area contributed by atoms with E-state index in [-0.39, 0.29) is 47.8 Å². The summed E-state index contributed by atoms with van der Waals surface area (Å²) < 4.78 is 38.0. The number of benzene rings is 3. The van der Waals surface area contributed by atoms with Gasteiger partial charge < -0.3 is 34.6 Å². The third kappa shape index (κ3) is 10.1. The number of ether oxygens (including phenoxy) is 1. The van der Waals surface area contributed by atoms with Crippen molar-refractivity contribution < 1.29 is 32.9 Å². The molecule has 3 aromatic carbocycles. The Labute approximate surface area is 443 Å². The minimum Gasteiger partial charge on any atom is -0.494 e. The number of nitrogens with one attached hydrogen (secondary N) is 3. The van der Waals surface area contributed by atoms with Gasteiger partial charge in [0.05, 0.1) is 59.4 Å². The average molecular weight is 1070 g/mol. The Hall–Kier alpha value is -7.06. The molecule has 1 unspecified atom stereocenters. The number of halogens is 2. The minimum absolute atomic E-state index is 0.0756. The van der Waals surface area contributed by atoms with Crippen molar-refractivity contribution in [1.82, 2.24) is 49.7 Å². The second-order valence-electron chi connectivity index (χ2n) is 20.6. The summed E-state index contributed by atoms with van der Waals surface area (Å²) in [6, 6.07) is 11.6. The number of hydrogen-bond donors (Lipinski definition) is 3. The number of alkyl halides is 1. The first-order chi connectivity index (χ1) is 36.6. The van der Waals surface area contributed by atoms with Gasteiger partial charge in [-0.1, -0.05) is 11.6 Å². The molecule has 5 aliphatic rings. The fourth-order valence-electron chi connectivity index (χ4n) is 11.5. The van der Waals surface area contributed by atoms with E-state index in [0.29, 0.717) is 57.9 Å². The number of carbonyl (C=O) groups is 4. The molecule has 4 amide bonds. The van der Waals surface area contributed by atoms with Crippen molar-refractivity contribution in [1.29, 1.82) is 0 Å². The van der Waals surface area contributed by atoms with Crippen LogP contribution in [0.5, 0.6) is 5.75 Å². The summed E-state index contributed by atoms with van der Waals surface area (Å²) in [5.41, 5.74) is 6.19. The molecule has 3 N–H and O–H groups in total. The predicted octanol–water partition coefficient (Wildman–Crippen LogP) is 6.07. The van der Waals surface area contributed by atoms with E-state index in [1.165, 1.54) is 6.20 Å². The van der Waals surface area contributed by atoms with Gasteiger partial charge in [-0.2, -0.15) is 10.1 Å². The predicted molar refractivity (Wildman–Crippen MR) is 289 cm³/mol. The van der Waals surface area contributed by atoms with E-state index < -0.39 is 43.0 Å². The summed E-state index contributed by atoms with van der Waals surface area (Å²) in [5, 5.41) is 14.1. The van der Waals surface area contributed by atoms with Crippen LogP contribution < -0.4 is 35.8 Å². The number of piperidine rings is 3. The quantitative estimate of drug-likeness (QED) is 0.0884. The maximum absolute atomic E-state index is 16.7. The summed E-state index contributed by atoms with van der Waals surface area (Å²) in [5.74, 6) is -0.529. The number of aromatic nitrogens is 6. The van der Waals surface area contributed by atoms with Crippen molar-refractivity contribution in [2.45, 2.75) is 50.4 Å². The van der Waals surface area contributed by atoms with E-state index in [9.17, 15) is 23.7 Å². The van der Waals surface area contributed by atoms with Crippen molar-refractivity contribution >= 4 is 93.2 Å². The van der Waals surface area contributed by atoms with Crippen LogP contribution in [-0.2, 0) is 21.2 Å². The summed E-state index contributed by atoms with van der Waals surface area (Å²) in [7, 11) is 0.571. The van der Waals surface area contributed by atoms with Gasteiger partial charge in [-0.25, -0.2) is 9.37 Å². The summed E-state index contributed by atoms with van der Waals surface area (Å²) in [4.78, 5) is 79.2. The highest BCUT2D eigenvalue weighted by Crippen LogP contribution is 2.44. The van der Waals surface area contributed by atoms with Gasteiger partial charge in [0.15, 0.2) is 5.82 Å². The lowest BCUT2D eigenvalue weighted by molar-refractivity contribution is -0.136. The van der Waals surface area contributed by atoms with Crippen molar-refractivity contribution in [3.8, 4) is 16.9 Å². The van der Waals surface area contributed by atoms with E-state index in [4.69, 9.17) is 21.3 Å². The maximum Gasteiger partial charge on any atom is 0.262 e. The molecule has 5 aliphatic heterocycles. The molecule has 4 saturated heterocycles. The summed E-state index contributed by atoms with van der Waals surface area (Å²) >= 11 is 6.67. The lowest BCUT2D eigenvalue weighted by Gasteiger charge is -2.45. The molecule has 23 heteroatoms. The van der Waals surface area contributed by atoms with E-state index >= 15 is 4.39 Å². The number of methoxy groups -OCH3 is 1. The lowest BCUT2D eigenvalue weighted by Crippen LogP contribution is -2.58. The first kappa shape index (κ1) is 51.1. The highest BCUT2D eigenvalue weighted by Gasteiger charge is 2.45. The van der Waals surface area contributed by atoms with E-state index in [1.807, 2.05) is 31.4 Å². The van der Waals surface area contributed by atoms with Gasteiger partial charge in [0.1, 0.15) is 35.6 Å². The molecule has 0 spiro atoms. The molecule has 396 valence electrons. The minimum atomic E-state index is -2.87. The fourth-order valence-corrected chi connectivity index (χ4v) is 13.0. The molecule has 11 rings (SSSR count). The zero-order valence-corrected chi connectivity index (χ0v) is 44.4. The van der Waals surface area contributed by atoms with Crippen molar-refractivity contribution in [3.63, 3.8) is 0 Å². The molecule has 8 heterocycles. The Morgan fingerprint density at radius 3 is 2.32 bits per heavy atom. The Kier molecular flexibility index (Phi) is 14.0. The number of rotatable bonds is 13. The molecule has 6 aromatic rings. The summed E-state index contributed by atoms with van der Waals surface area (Å²) in [6.07, 6.45) is 10.0. The van der Waals surface area contributed by atoms with Crippen molar-refractivity contribution in [3.05, 3.63) is 89.6 Å². The molecule has 0 radical (unpaired) electrons. The highest BCUT2D eigenvalue weighted by atomic mass is 35.5. The van der Waals surface area contributed by atoms with Gasteiger partial charge >= 0.3 is 0 Å². The third-order valence-electron chi connectivity index (χ3n) is 15.4. The zero-order chi connectivity index (χ0) is 53.0. The topological polar surface area (TPSA) is 216 Å². The smallest absolute Gasteiger partial charge is 0.262 e. The number of amides is 4. The number of hydrogen-bond acceptors (Lipinski definition) is 17. The molecule has 0 saturated carbocycles. The van der Waals surface area contributed by atoms with Gasteiger partial charge in [-0.15, -0.1) is 0 Å². The largest absolute Gasteiger partial charge is 0.494 e. The van der Waals surface area contributed by atoms with Crippen LogP contribution in [0.3, 0.4) is 0 Å². The Morgan fingerprint density at radius 2 is 1.59 bits per heavy atom. The first-order valence-electron chi connectivity index (χ1n) is 25.6. The van der Waals surface area contributed by atoms with Crippen LogP contribution in [0.15, 0.2) is 73.4 Å². The molecule has 0 aliphatic carbocycles. The number of anilines is 6. The van der Waals surface area contributed by atoms with Crippen molar-refractivity contribution in [2.24, 2.45) is 13.0 Å². The molecular weight excluding hydrogens is 1010 g/mol. The summed E-state index contributed by atoms with van der Waals surface area (Å²) in [6.45, 7) is 10.1. The van der Waals surface area contributed by atoms with Crippen LogP contribution in [0.4, 0.5) is 38.9 Å².